The Balaban J connectivity index is 2.81. The van der Waals surface area contributed by atoms with Crippen molar-refractivity contribution in [1.82, 2.24) is 5.32 Å². The molecule has 0 bridgehead atoms. The second-order valence-corrected chi connectivity index (χ2v) is 6.17. The fraction of sp³-hybridized carbons (Fsp3) is 0.600. The maximum Gasteiger partial charge on any atom is 0.127 e. The Kier molecular flexibility index (Phi) is 6.30. The van der Waals surface area contributed by atoms with Crippen molar-refractivity contribution in [2.75, 3.05) is 13.1 Å². The number of benzene rings is 1. The molecule has 0 spiro atoms. The summed E-state index contributed by atoms with van der Waals surface area (Å²) in [6.07, 6.45) is 3.02. The zero-order valence-corrected chi connectivity index (χ0v) is 13.1. The highest BCUT2D eigenvalue weighted by atomic mass is 79.9. The fourth-order valence-electron chi connectivity index (χ4n) is 2.39. The van der Waals surface area contributed by atoms with Crippen molar-refractivity contribution < 1.29 is 4.39 Å². The lowest BCUT2D eigenvalue weighted by atomic mass is 9.79. The van der Waals surface area contributed by atoms with Crippen LogP contribution in [0.3, 0.4) is 0 Å². The van der Waals surface area contributed by atoms with Crippen LogP contribution in [-0.4, -0.2) is 13.1 Å². The summed E-state index contributed by atoms with van der Waals surface area (Å²) in [5.74, 6) is -0.108. The second-order valence-electron chi connectivity index (χ2n) is 5.25. The highest BCUT2D eigenvalue weighted by Crippen LogP contribution is 2.29. The third-order valence-electron chi connectivity index (χ3n) is 3.29. The molecule has 0 aliphatic rings. The van der Waals surface area contributed by atoms with Gasteiger partial charge in [0.1, 0.15) is 5.82 Å². The molecule has 0 saturated carbocycles. The maximum atomic E-state index is 13.9. The lowest BCUT2D eigenvalue weighted by molar-refractivity contribution is 0.274. The van der Waals surface area contributed by atoms with E-state index in [2.05, 4.69) is 42.0 Å². The van der Waals surface area contributed by atoms with E-state index in [9.17, 15) is 4.39 Å². The van der Waals surface area contributed by atoms with Crippen LogP contribution in [0.25, 0.3) is 0 Å². The van der Waals surface area contributed by atoms with E-state index in [1.165, 1.54) is 0 Å². The molecule has 0 fully saturated rings. The van der Waals surface area contributed by atoms with Gasteiger partial charge in [-0.3, -0.25) is 0 Å². The number of halogens is 2. The van der Waals surface area contributed by atoms with E-state index in [0.717, 1.165) is 42.4 Å². The summed E-state index contributed by atoms with van der Waals surface area (Å²) in [5, 5.41) is 3.39. The summed E-state index contributed by atoms with van der Waals surface area (Å²) in [6, 6.07) is 5.35. The topological polar surface area (TPSA) is 12.0 Å². The zero-order valence-electron chi connectivity index (χ0n) is 11.5. The SMILES string of the molecule is CCCC(C)(CNCC)Cc1ccc(Br)cc1F. The number of hydrogen-bond donors (Lipinski definition) is 1. The van der Waals surface area contributed by atoms with Gasteiger partial charge in [0, 0.05) is 11.0 Å². The Morgan fingerprint density at radius 2 is 2.06 bits per heavy atom. The van der Waals surface area contributed by atoms with Gasteiger partial charge in [-0.25, -0.2) is 4.39 Å². The van der Waals surface area contributed by atoms with Crippen LogP contribution in [0.2, 0.25) is 0 Å². The summed E-state index contributed by atoms with van der Waals surface area (Å²) in [4.78, 5) is 0. The van der Waals surface area contributed by atoms with E-state index in [0.29, 0.717) is 0 Å². The molecule has 0 saturated heterocycles. The van der Waals surface area contributed by atoms with Crippen LogP contribution in [0.5, 0.6) is 0 Å². The van der Waals surface area contributed by atoms with Crippen molar-refractivity contribution in [2.24, 2.45) is 5.41 Å². The van der Waals surface area contributed by atoms with Crippen molar-refractivity contribution in [3.63, 3.8) is 0 Å². The van der Waals surface area contributed by atoms with E-state index in [1.54, 1.807) is 6.07 Å². The number of hydrogen-bond acceptors (Lipinski definition) is 1. The summed E-state index contributed by atoms with van der Waals surface area (Å²) in [6.45, 7) is 8.42. The molecule has 1 atom stereocenters. The van der Waals surface area contributed by atoms with Gasteiger partial charge < -0.3 is 5.32 Å². The molecule has 0 amide bonds. The first kappa shape index (κ1) is 15.6. The Morgan fingerprint density at radius 3 is 2.61 bits per heavy atom. The molecule has 0 aliphatic carbocycles. The minimum Gasteiger partial charge on any atom is -0.316 e. The molecule has 1 N–H and O–H groups in total. The molecule has 0 aromatic heterocycles. The molecule has 102 valence electrons. The summed E-state index contributed by atoms with van der Waals surface area (Å²) >= 11 is 3.30. The average molecular weight is 316 g/mol. The molecule has 18 heavy (non-hydrogen) atoms. The minimum absolute atomic E-state index is 0.108. The summed E-state index contributed by atoms with van der Waals surface area (Å²) < 4.78 is 14.7. The fourth-order valence-corrected chi connectivity index (χ4v) is 2.73. The normalized spacial score (nSPS) is 14.5. The van der Waals surface area contributed by atoms with Crippen LogP contribution >= 0.6 is 15.9 Å². The Labute approximate surface area is 118 Å². The molecular formula is C15H23BrFN. The molecular weight excluding hydrogens is 293 g/mol. The third-order valence-corrected chi connectivity index (χ3v) is 3.78. The Bertz CT molecular complexity index is 381. The zero-order chi connectivity index (χ0) is 13.6. The third kappa shape index (κ3) is 4.69. The number of rotatable bonds is 7. The van der Waals surface area contributed by atoms with Gasteiger partial charge in [0.15, 0.2) is 0 Å². The molecule has 0 aliphatic heterocycles. The average Bonchev–Trinajstić information content (AvgIpc) is 2.31. The summed E-state index contributed by atoms with van der Waals surface area (Å²) in [5.41, 5.74) is 0.937. The van der Waals surface area contributed by atoms with Crippen LogP contribution in [-0.2, 0) is 6.42 Å². The first-order valence-electron chi connectivity index (χ1n) is 6.65. The maximum absolute atomic E-state index is 13.9. The van der Waals surface area contributed by atoms with E-state index in [4.69, 9.17) is 0 Å². The quantitative estimate of drug-likeness (QED) is 0.778. The highest BCUT2D eigenvalue weighted by molar-refractivity contribution is 9.10. The molecule has 1 nitrogen and oxygen atoms in total. The van der Waals surface area contributed by atoms with Crippen molar-refractivity contribution in [3.05, 3.63) is 34.1 Å². The molecule has 1 unspecified atom stereocenters. The minimum atomic E-state index is -0.108. The summed E-state index contributed by atoms with van der Waals surface area (Å²) in [7, 11) is 0. The van der Waals surface area contributed by atoms with Gasteiger partial charge in [-0.15, -0.1) is 0 Å². The first-order chi connectivity index (χ1) is 8.50. The van der Waals surface area contributed by atoms with Crippen molar-refractivity contribution in [1.29, 1.82) is 0 Å². The van der Waals surface area contributed by atoms with Gasteiger partial charge in [0.2, 0.25) is 0 Å². The standard InChI is InChI=1S/C15H23BrFN/c1-4-8-15(3,11-18-5-2)10-12-6-7-13(16)9-14(12)17/h6-7,9,18H,4-5,8,10-11H2,1-3H3. The Morgan fingerprint density at radius 1 is 1.33 bits per heavy atom. The number of nitrogens with one attached hydrogen (secondary N) is 1. The van der Waals surface area contributed by atoms with E-state index in [1.807, 2.05) is 12.1 Å². The lowest BCUT2D eigenvalue weighted by Crippen LogP contribution is -2.33. The molecule has 0 radical (unpaired) electrons. The van der Waals surface area contributed by atoms with Crippen molar-refractivity contribution >= 4 is 15.9 Å². The van der Waals surface area contributed by atoms with Gasteiger partial charge in [0.05, 0.1) is 0 Å². The van der Waals surface area contributed by atoms with Gasteiger partial charge in [0.25, 0.3) is 0 Å². The van der Waals surface area contributed by atoms with E-state index >= 15 is 0 Å². The molecule has 1 aromatic rings. The highest BCUT2D eigenvalue weighted by Gasteiger charge is 2.24. The monoisotopic (exact) mass is 315 g/mol. The van der Waals surface area contributed by atoms with Crippen LogP contribution < -0.4 is 5.32 Å². The van der Waals surface area contributed by atoms with Gasteiger partial charge >= 0.3 is 0 Å². The van der Waals surface area contributed by atoms with Gasteiger partial charge in [-0.1, -0.05) is 49.2 Å². The van der Waals surface area contributed by atoms with Crippen LogP contribution in [0, 0.1) is 11.2 Å². The molecule has 1 rings (SSSR count). The predicted molar refractivity (Wildman–Crippen MR) is 79.4 cm³/mol. The molecule has 3 heteroatoms. The van der Waals surface area contributed by atoms with Gasteiger partial charge in [-0.05, 0) is 42.5 Å². The van der Waals surface area contributed by atoms with Crippen LogP contribution in [0.15, 0.2) is 22.7 Å². The predicted octanol–water partition coefficient (Wildman–Crippen LogP) is 4.55. The van der Waals surface area contributed by atoms with E-state index < -0.39 is 0 Å². The smallest absolute Gasteiger partial charge is 0.127 e. The lowest BCUT2D eigenvalue weighted by Gasteiger charge is -2.30. The Hall–Kier alpha value is -0.410. The second kappa shape index (κ2) is 7.25. The van der Waals surface area contributed by atoms with Crippen molar-refractivity contribution in [3.8, 4) is 0 Å². The van der Waals surface area contributed by atoms with Crippen LogP contribution in [0.1, 0.15) is 39.2 Å². The molecule has 0 heterocycles. The van der Waals surface area contributed by atoms with E-state index in [-0.39, 0.29) is 11.2 Å². The first-order valence-corrected chi connectivity index (χ1v) is 7.44. The van der Waals surface area contributed by atoms with Crippen molar-refractivity contribution in [2.45, 2.75) is 40.0 Å². The molecule has 1 aromatic carbocycles. The van der Waals surface area contributed by atoms with Crippen LogP contribution in [0.4, 0.5) is 4.39 Å². The van der Waals surface area contributed by atoms with Gasteiger partial charge in [-0.2, -0.15) is 0 Å². The largest absolute Gasteiger partial charge is 0.316 e.